The topological polar surface area (TPSA) is 40.6 Å². The van der Waals surface area contributed by atoms with E-state index >= 15 is 0 Å². The Balaban J connectivity index is 1.72. The first kappa shape index (κ1) is 16.8. The monoisotopic (exact) mass is 340 g/mol. The highest BCUT2D eigenvalue weighted by Gasteiger charge is 2.50. The molecule has 2 heterocycles. The summed E-state index contributed by atoms with van der Waals surface area (Å²) in [5, 5.41) is 0. The molecular formula is C17H19F3N2O2. The quantitative estimate of drug-likeness (QED) is 0.831. The van der Waals surface area contributed by atoms with Crippen LogP contribution < -0.4 is 4.90 Å². The molecule has 3 rings (SSSR count). The summed E-state index contributed by atoms with van der Waals surface area (Å²) in [6.45, 7) is 3.08. The minimum atomic E-state index is -4.24. The van der Waals surface area contributed by atoms with Crippen LogP contribution >= 0.6 is 0 Å². The molecule has 24 heavy (non-hydrogen) atoms. The first-order valence-electron chi connectivity index (χ1n) is 7.83. The van der Waals surface area contributed by atoms with E-state index in [0.717, 1.165) is 5.56 Å². The Morgan fingerprint density at radius 3 is 2.46 bits per heavy atom. The summed E-state index contributed by atoms with van der Waals surface area (Å²) in [5.74, 6) is -0.516. The fourth-order valence-electron chi connectivity index (χ4n) is 3.81. The Morgan fingerprint density at radius 1 is 1.25 bits per heavy atom. The Morgan fingerprint density at radius 2 is 1.88 bits per heavy atom. The molecular weight excluding hydrogens is 321 g/mol. The van der Waals surface area contributed by atoms with E-state index < -0.39 is 24.1 Å². The van der Waals surface area contributed by atoms with Crippen molar-refractivity contribution in [2.75, 3.05) is 18.0 Å². The Kier molecular flexibility index (Phi) is 3.85. The molecule has 1 atom stereocenters. The van der Waals surface area contributed by atoms with E-state index in [-0.39, 0.29) is 24.9 Å². The molecule has 1 aromatic rings. The molecule has 0 aliphatic carbocycles. The van der Waals surface area contributed by atoms with Crippen molar-refractivity contribution < 1.29 is 22.8 Å². The van der Waals surface area contributed by atoms with Crippen LogP contribution in [0.2, 0.25) is 0 Å². The first-order chi connectivity index (χ1) is 11.1. The lowest BCUT2D eigenvalue weighted by atomic mass is 9.78. The second-order valence-electron chi connectivity index (χ2n) is 7.03. The van der Waals surface area contributed by atoms with Gasteiger partial charge in [-0.3, -0.25) is 14.5 Å². The highest BCUT2D eigenvalue weighted by molar-refractivity contribution is 6.02. The number of hydrogen-bond acceptors (Lipinski definition) is 2. The zero-order chi connectivity index (χ0) is 17.7. The number of anilines is 1. The van der Waals surface area contributed by atoms with Gasteiger partial charge in [-0.15, -0.1) is 0 Å². The van der Waals surface area contributed by atoms with Crippen LogP contribution in [-0.2, 0) is 16.0 Å². The molecule has 0 unspecified atom stereocenters. The summed E-state index contributed by atoms with van der Waals surface area (Å²) >= 11 is 0. The third-order valence-corrected chi connectivity index (χ3v) is 4.68. The van der Waals surface area contributed by atoms with E-state index in [1.807, 2.05) is 12.1 Å². The minimum Gasteiger partial charge on any atom is -0.340 e. The highest BCUT2D eigenvalue weighted by Crippen LogP contribution is 2.42. The molecule has 1 saturated heterocycles. The Labute approximate surface area is 138 Å². The molecule has 130 valence electrons. The second-order valence-corrected chi connectivity index (χ2v) is 7.03. The van der Waals surface area contributed by atoms with Gasteiger partial charge in [-0.1, -0.05) is 25.1 Å². The van der Waals surface area contributed by atoms with Crippen molar-refractivity contribution in [2.45, 2.75) is 38.9 Å². The summed E-state index contributed by atoms with van der Waals surface area (Å²) in [7, 11) is 0. The molecule has 0 saturated carbocycles. The molecule has 7 heteroatoms. The number of amides is 2. The van der Waals surface area contributed by atoms with Crippen molar-refractivity contribution >= 4 is 17.5 Å². The number of carbonyl (C=O) groups excluding carboxylic acids is 2. The number of nitrogens with zero attached hydrogens (tertiary/aromatic N) is 2. The van der Waals surface area contributed by atoms with Gasteiger partial charge in [0.1, 0.15) is 6.04 Å². The van der Waals surface area contributed by atoms with Gasteiger partial charge >= 0.3 is 6.18 Å². The van der Waals surface area contributed by atoms with Crippen LogP contribution in [0.3, 0.4) is 0 Å². The molecule has 2 aliphatic heterocycles. The number of likely N-dealkylation sites (tertiary alicyclic amines) is 1. The van der Waals surface area contributed by atoms with E-state index in [9.17, 15) is 22.8 Å². The van der Waals surface area contributed by atoms with Crippen LogP contribution in [-0.4, -0.2) is 42.0 Å². The molecule has 0 spiro atoms. The van der Waals surface area contributed by atoms with Crippen LogP contribution in [0, 0.1) is 5.41 Å². The summed E-state index contributed by atoms with van der Waals surface area (Å²) in [6, 6.07) is 6.63. The zero-order valence-electron chi connectivity index (χ0n) is 13.6. The van der Waals surface area contributed by atoms with Gasteiger partial charge in [0.2, 0.25) is 11.8 Å². The lowest BCUT2D eigenvalue weighted by Crippen LogP contribution is -2.62. The maximum atomic E-state index is 12.7. The molecule has 0 bridgehead atoms. The lowest BCUT2D eigenvalue weighted by Gasteiger charge is -2.49. The summed E-state index contributed by atoms with van der Waals surface area (Å²) in [5.41, 5.74) is 0.687. The number of benzene rings is 1. The van der Waals surface area contributed by atoms with Crippen LogP contribution in [0.5, 0.6) is 0 Å². The largest absolute Gasteiger partial charge is 0.389 e. The maximum Gasteiger partial charge on any atom is 0.389 e. The average molecular weight is 340 g/mol. The van der Waals surface area contributed by atoms with Gasteiger partial charge in [0, 0.05) is 37.5 Å². The van der Waals surface area contributed by atoms with Crippen molar-refractivity contribution in [3.8, 4) is 0 Å². The van der Waals surface area contributed by atoms with Gasteiger partial charge in [-0.25, -0.2) is 0 Å². The van der Waals surface area contributed by atoms with Crippen LogP contribution in [0.15, 0.2) is 24.3 Å². The van der Waals surface area contributed by atoms with Crippen molar-refractivity contribution in [1.29, 1.82) is 0 Å². The van der Waals surface area contributed by atoms with E-state index in [1.54, 1.807) is 12.1 Å². The number of alkyl halides is 3. The zero-order valence-corrected chi connectivity index (χ0v) is 13.6. The van der Waals surface area contributed by atoms with Gasteiger partial charge in [-0.2, -0.15) is 13.2 Å². The van der Waals surface area contributed by atoms with E-state index in [0.29, 0.717) is 12.1 Å². The SMILES string of the molecule is CC(=O)N1c2ccccc2C[C@H]1C(=O)N1CC(C)(CC(F)(F)F)C1. The van der Waals surface area contributed by atoms with Crippen LogP contribution in [0.25, 0.3) is 0 Å². The van der Waals surface area contributed by atoms with Gasteiger partial charge < -0.3 is 4.90 Å². The summed E-state index contributed by atoms with van der Waals surface area (Å²) < 4.78 is 37.8. The third kappa shape index (κ3) is 2.99. The number of fused-ring (bicyclic) bond motifs is 1. The number of halogens is 3. The molecule has 2 aliphatic rings. The number of carbonyl (C=O) groups is 2. The Hall–Kier alpha value is -2.05. The Bertz CT molecular complexity index is 681. The molecule has 2 amide bonds. The molecule has 0 aromatic heterocycles. The third-order valence-electron chi connectivity index (χ3n) is 4.68. The van der Waals surface area contributed by atoms with Gasteiger partial charge in [0.05, 0.1) is 6.42 Å². The number of hydrogen-bond donors (Lipinski definition) is 0. The van der Waals surface area contributed by atoms with E-state index in [4.69, 9.17) is 0 Å². The van der Waals surface area contributed by atoms with E-state index in [2.05, 4.69) is 0 Å². The number of rotatable bonds is 2. The smallest absolute Gasteiger partial charge is 0.340 e. The fraction of sp³-hybridized carbons (Fsp3) is 0.529. The fourth-order valence-corrected chi connectivity index (χ4v) is 3.81. The molecule has 0 radical (unpaired) electrons. The van der Waals surface area contributed by atoms with Crippen LogP contribution in [0.1, 0.15) is 25.8 Å². The van der Waals surface area contributed by atoms with Crippen LogP contribution in [0.4, 0.5) is 18.9 Å². The van der Waals surface area contributed by atoms with Crippen molar-refractivity contribution in [3.63, 3.8) is 0 Å². The van der Waals surface area contributed by atoms with Gasteiger partial charge in [-0.05, 0) is 11.6 Å². The van der Waals surface area contributed by atoms with Gasteiger partial charge in [0.25, 0.3) is 0 Å². The highest BCUT2D eigenvalue weighted by atomic mass is 19.4. The standard InChI is InChI=1S/C17H19F3N2O2/c1-11(23)22-13-6-4-3-5-12(13)7-14(22)15(24)21-9-16(2,10-21)8-17(18,19)20/h3-6,14H,7-10H2,1-2H3/t14-/m0/s1. The average Bonchev–Trinajstić information content (AvgIpc) is 2.81. The van der Waals surface area contributed by atoms with E-state index in [1.165, 1.54) is 23.6 Å². The molecule has 4 nitrogen and oxygen atoms in total. The predicted octanol–water partition coefficient (Wildman–Crippen LogP) is 2.77. The number of para-hydroxylation sites is 1. The summed E-state index contributed by atoms with van der Waals surface area (Å²) in [4.78, 5) is 27.6. The molecule has 1 fully saturated rings. The predicted molar refractivity (Wildman–Crippen MR) is 82.5 cm³/mol. The first-order valence-corrected chi connectivity index (χ1v) is 7.83. The molecule has 0 N–H and O–H groups in total. The summed E-state index contributed by atoms with van der Waals surface area (Å²) in [6.07, 6.45) is -4.73. The maximum absolute atomic E-state index is 12.7. The van der Waals surface area contributed by atoms with Crippen molar-refractivity contribution in [1.82, 2.24) is 4.90 Å². The molecule has 1 aromatic carbocycles. The van der Waals surface area contributed by atoms with Crippen molar-refractivity contribution in [3.05, 3.63) is 29.8 Å². The second kappa shape index (κ2) is 5.50. The van der Waals surface area contributed by atoms with Crippen molar-refractivity contribution in [2.24, 2.45) is 5.41 Å². The van der Waals surface area contributed by atoms with Gasteiger partial charge in [0.15, 0.2) is 0 Å². The lowest BCUT2D eigenvalue weighted by molar-refractivity contribution is -0.182. The minimum absolute atomic E-state index is 0.0733. The normalized spacial score (nSPS) is 22.1.